The van der Waals surface area contributed by atoms with Gasteiger partial charge in [-0.05, 0) is 66.1 Å². The number of urea groups is 1. The Kier molecular flexibility index (Phi) is 4.56. The van der Waals surface area contributed by atoms with Crippen molar-refractivity contribution in [3.8, 4) is 0 Å². The first kappa shape index (κ1) is 20.9. The van der Waals surface area contributed by atoms with Crippen molar-refractivity contribution in [1.82, 2.24) is 10.2 Å². The summed E-state index contributed by atoms with van der Waals surface area (Å²) in [4.78, 5) is 55.0. The van der Waals surface area contributed by atoms with Crippen molar-refractivity contribution in [3.05, 3.63) is 59.2 Å². The minimum atomic E-state index is -0.647. The molecular weight excluding hydrogens is 432 g/mol. The van der Waals surface area contributed by atoms with Gasteiger partial charge in [-0.25, -0.2) is 4.79 Å². The molecule has 3 heterocycles. The third-order valence-electron chi connectivity index (χ3n) is 7.70. The van der Waals surface area contributed by atoms with E-state index < -0.39 is 11.9 Å². The molecule has 0 bridgehead atoms. The second-order valence-corrected chi connectivity index (χ2v) is 9.93. The topological polar surface area (TPSA) is 90.0 Å². The SMILES string of the molecule is CC1(c2ccc(N3CCN(c4ccc5c(c4)CN(C4CCC(=O)NC4=O)C5=O)C3=O)cc2)CC1. The molecule has 2 aromatic rings. The van der Waals surface area contributed by atoms with Crippen molar-refractivity contribution in [3.63, 3.8) is 0 Å². The minimum absolute atomic E-state index is 0.0864. The van der Waals surface area contributed by atoms with Crippen LogP contribution in [0.1, 0.15) is 54.1 Å². The summed E-state index contributed by atoms with van der Waals surface area (Å²) in [6, 6.07) is 13.0. The molecule has 0 radical (unpaired) electrons. The molecule has 1 unspecified atom stereocenters. The highest BCUT2D eigenvalue weighted by Gasteiger charge is 2.41. The summed E-state index contributed by atoms with van der Waals surface area (Å²) in [5.41, 5.74) is 4.58. The fourth-order valence-electron chi connectivity index (χ4n) is 5.26. The van der Waals surface area contributed by atoms with Gasteiger partial charge >= 0.3 is 6.03 Å². The maximum absolute atomic E-state index is 13.2. The molecule has 1 aliphatic carbocycles. The van der Waals surface area contributed by atoms with Crippen LogP contribution in [0.4, 0.5) is 16.2 Å². The van der Waals surface area contributed by atoms with Gasteiger partial charge in [0.25, 0.3) is 5.91 Å². The zero-order valence-corrected chi connectivity index (χ0v) is 19.0. The number of carbonyl (C=O) groups is 4. The van der Waals surface area contributed by atoms with Crippen LogP contribution in [-0.4, -0.2) is 47.8 Å². The van der Waals surface area contributed by atoms with Crippen LogP contribution < -0.4 is 15.1 Å². The number of hydrogen-bond donors (Lipinski definition) is 1. The number of anilines is 2. The lowest BCUT2D eigenvalue weighted by Crippen LogP contribution is -2.52. The molecule has 174 valence electrons. The maximum Gasteiger partial charge on any atom is 0.329 e. The van der Waals surface area contributed by atoms with Crippen LogP contribution in [0.3, 0.4) is 0 Å². The quantitative estimate of drug-likeness (QED) is 0.714. The van der Waals surface area contributed by atoms with Crippen LogP contribution in [-0.2, 0) is 21.5 Å². The molecule has 4 aliphatic rings. The number of nitrogens with one attached hydrogen (secondary N) is 1. The van der Waals surface area contributed by atoms with E-state index in [2.05, 4.69) is 24.4 Å². The van der Waals surface area contributed by atoms with Gasteiger partial charge in [0.1, 0.15) is 6.04 Å². The molecule has 2 aromatic carbocycles. The average molecular weight is 459 g/mol. The molecule has 1 N–H and O–H groups in total. The molecule has 3 aliphatic heterocycles. The lowest BCUT2D eigenvalue weighted by Gasteiger charge is -2.29. The maximum atomic E-state index is 13.2. The Bertz CT molecular complexity index is 1230. The summed E-state index contributed by atoms with van der Waals surface area (Å²) >= 11 is 0. The first-order valence-corrected chi connectivity index (χ1v) is 11.8. The van der Waals surface area contributed by atoms with Crippen molar-refractivity contribution in [1.29, 1.82) is 0 Å². The van der Waals surface area contributed by atoms with E-state index in [1.165, 1.54) is 23.3 Å². The van der Waals surface area contributed by atoms with Gasteiger partial charge in [-0.15, -0.1) is 0 Å². The zero-order valence-electron chi connectivity index (χ0n) is 19.0. The number of amides is 5. The van der Waals surface area contributed by atoms with Crippen LogP contribution >= 0.6 is 0 Å². The highest BCUT2D eigenvalue weighted by atomic mass is 16.2. The number of fused-ring (bicyclic) bond motifs is 1. The van der Waals surface area contributed by atoms with Gasteiger partial charge in [0.05, 0.1) is 0 Å². The number of piperidine rings is 1. The predicted octanol–water partition coefficient (Wildman–Crippen LogP) is 2.95. The number of rotatable bonds is 4. The molecule has 2 saturated heterocycles. The van der Waals surface area contributed by atoms with E-state index in [1.54, 1.807) is 21.9 Å². The summed E-state index contributed by atoms with van der Waals surface area (Å²) < 4.78 is 0. The largest absolute Gasteiger partial charge is 0.329 e. The van der Waals surface area contributed by atoms with E-state index in [0.29, 0.717) is 37.0 Å². The molecule has 6 rings (SSSR count). The summed E-state index contributed by atoms with van der Waals surface area (Å²) in [6.45, 7) is 3.71. The Morgan fingerprint density at radius 1 is 0.912 bits per heavy atom. The van der Waals surface area contributed by atoms with E-state index in [9.17, 15) is 19.2 Å². The van der Waals surface area contributed by atoms with Gasteiger partial charge in [0, 0.05) is 43.0 Å². The third-order valence-corrected chi connectivity index (χ3v) is 7.70. The molecule has 1 atom stereocenters. The number of nitrogens with zero attached hydrogens (tertiary/aromatic N) is 3. The van der Waals surface area contributed by atoms with Crippen molar-refractivity contribution in [2.24, 2.45) is 0 Å². The monoisotopic (exact) mass is 458 g/mol. The standard InChI is InChI=1S/C26H26N4O4/c1-26(10-11-26)17-2-4-18(5-3-17)28-12-13-29(25(28)34)19-6-7-20-16(14-19)15-30(24(20)33)21-8-9-22(31)27-23(21)32/h2-7,14,21H,8-13,15H2,1H3,(H,27,31,32). The van der Waals surface area contributed by atoms with Gasteiger partial charge in [-0.3, -0.25) is 29.5 Å². The van der Waals surface area contributed by atoms with Crippen molar-refractivity contribution in [2.45, 2.75) is 50.6 Å². The van der Waals surface area contributed by atoms with Crippen molar-refractivity contribution < 1.29 is 19.2 Å². The molecule has 5 amide bonds. The average Bonchev–Trinajstić information content (AvgIpc) is 3.34. The van der Waals surface area contributed by atoms with Crippen molar-refractivity contribution in [2.75, 3.05) is 22.9 Å². The second-order valence-electron chi connectivity index (χ2n) is 9.93. The first-order valence-electron chi connectivity index (χ1n) is 11.8. The van der Waals surface area contributed by atoms with Crippen molar-refractivity contribution >= 4 is 35.1 Å². The van der Waals surface area contributed by atoms with Crippen LogP contribution in [0.5, 0.6) is 0 Å². The third kappa shape index (κ3) is 3.28. The van der Waals surface area contributed by atoms with Gasteiger partial charge < -0.3 is 4.90 Å². The summed E-state index contributed by atoms with van der Waals surface area (Å²) in [5, 5.41) is 2.32. The fourth-order valence-corrected chi connectivity index (χ4v) is 5.26. The van der Waals surface area contributed by atoms with Crippen LogP contribution in [0.15, 0.2) is 42.5 Å². The van der Waals surface area contributed by atoms with Gasteiger partial charge in [0.15, 0.2) is 0 Å². The summed E-state index contributed by atoms with van der Waals surface area (Å²) in [6.07, 6.45) is 2.98. The van der Waals surface area contributed by atoms with Gasteiger partial charge in [-0.1, -0.05) is 19.1 Å². The Morgan fingerprint density at radius 3 is 2.26 bits per heavy atom. The molecule has 34 heavy (non-hydrogen) atoms. The molecule has 1 saturated carbocycles. The predicted molar refractivity (Wildman–Crippen MR) is 126 cm³/mol. The van der Waals surface area contributed by atoms with E-state index in [0.717, 1.165) is 16.9 Å². The number of benzene rings is 2. The first-order chi connectivity index (χ1) is 16.3. The van der Waals surface area contributed by atoms with Crippen LogP contribution in [0.25, 0.3) is 0 Å². The lowest BCUT2D eigenvalue weighted by molar-refractivity contribution is -0.136. The van der Waals surface area contributed by atoms with E-state index in [4.69, 9.17) is 0 Å². The Balaban J connectivity index is 1.19. The number of imide groups is 1. The molecule has 0 aromatic heterocycles. The minimum Gasteiger partial charge on any atom is -0.322 e. The fraction of sp³-hybridized carbons (Fsp3) is 0.385. The number of hydrogen-bond acceptors (Lipinski definition) is 4. The molecule has 8 nitrogen and oxygen atoms in total. The number of carbonyl (C=O) groups excluding carboxylic acids is 4. The molecule has 3 fully saturated rings. The molecule has 8 heteroatoms. The Labute approximate surface area is 197 Å². The highest BCUT2D eigenvalue weighted by molar-refractivity contribution is 6.08. The smallest absolute Gasteiger partial charge is 0.322 e. The van der Waals surface area contributed by atoms with Gasteiger partial charge in [-0.2, -0.15) is 0 Å². The van der Waals surface area contributed by atoms with Gasteiger partial charge in [0.2, 0.25) is 11.8 Å². The van der Waals surface area contributed by atoms with E-state index in [1.807, 2.05) is 18.2 Å². The normalized spacial score (nSPS) is 23.4. The highest BCUT2D eigenvalue weighted by Crippen LogP contribution is 2.47. The zero-order chi connectivity index (χ0) is 23.6. The summed E-state index contributed by atoms with van der Waals surface area (Å²) in [5.74, 6) is -0.944. The Morgan fingerprint density at radius 2 is 1.59 bits per heavy atom. The van der Waals surface area contributed by atoms with Crippen LogP contribution in [0, 0.1) is 0 Å². The summed E-state index contributed by atoms with van der Waals surface area (Å²) in [7, 11) is 0. The Hall–Kier alpha value is -3.68. The van der Waals surface area contributed by atoms with E-state index >= 15 is 0 Å². The lowest BCUT2D eigenvalue weighted by atomic mass is 9.98. The van der Waals surface area contributed by atoms with Crippen LogP contribution in [0.2, 0.25) is 0 Å². The molecular formula is C26H26N4O4. The molecule has 0 spiro atoms. The second kappa shape index (κ2) is 7.41. The van der Waals surface area contributed by atoms with E-state index in [-0.39, 0.29) is 24.3 Å².